The monoisotopic (exact) mass is 398 g/mol. The van der Waals surface area contributed by atoms with Crippen molar-refractivity contribution in [1.29, 1.82) is 0 Å². The first kappa shape index (κ1) is 20.1. The minimum atomic E-state index is -3.59. The molecule has 1 atom stereocenters. The first-order valence-electron chi connectivity index (χ1n) is 9.15. The van der Waals surface area contributed by atoms with Gasteiger partial charge in [-0.1, -0.05) is 0 Å². The number of rotatable bonds is 7. The average Bonchev–Trinajstić information content (AvgIpc) is 3.23. The van der Waals surface area contributed by atoms with Gasteiger partial charge < -0.3 is 19.1 Å². The van der Waals surface area contributed by atoms with E-state index in [9.17, 15) is 13.2 Å². The fourth-order valence-corrected chi connectivity index (χ4v) is 4.65. The zero-order valence-electron chi connectivity index (χ0n) is 15.5. The lowest BCUT2D eigenvalue weighted by molar-refractivity contribution is -0.142. The molecule has 8 nitrogen and oxygen atoms in total. The summed E-state index contributed by atoms with van der Waals surface area (Å²) in [6, 6.07) is 6.36. The van der Waals surface area contributed by atoms with E-state index >= 15 is 0 Å². The Morgan fingerprint density at radius 2 is 1.85 bits per heavy atom. The molecule has 1 aromatic rings. The Morgan fingerprint density at radius 3 is 2.44 bits per heavy atom. The Kier molecular flexibility index (Phi) is 6.69. The number of carbonyl (C=O) groups excluding carboxylic acids is 1. The van der Waals surface area contributed by atoms with Gasteiger partial charge in [-0.05, 0) is 37.1 Å². The van der Waals surface area contributed by atoms with Crippen LogP contribution in [0.25, 0.3) is 0 Å². The number of amides is 1. The summed E-state index contributed by atoms with van der Waals surface area (Å²) in [5, 5.41) is 0. The van der Waals surface area contributed by atoms with Crippen LogP contribution in [0, 0.1) is 0 Å². The number of hydrogen-bond donors (Lipinski definition) is 0. The third kappa shape index (κ3) is 4.78. The molecule has 0 N–H and O–H groups in total. The smallest absolute Gasteiger partial charge is 0.251 e. The average molecular weight is 398 g/mol. The summed E-state index contributed by atoms with van der Waals surface area (Å²) in [6.45, 7) is 2.83. The molecule has 1 aromatic carbocycles. The van der Waals surface area contributed by atoms with Gasteiger partial charge in [0, 0.05) is 39.9 Å². The summed E-state index contributed by atoms with van der Waals surface area (Å²) >= 11 is 0. The summed E-state index contributed by atoms with van der Waals surface area (Å²) < 4.78 is 42.9. The molecule has 1 amide bonds. The van der Waals surface area contributed by atoms with Crippen LogP contribution in [0.4, 0.5) is 0 Å². The van der Waals surface area contributed by atoms with E-state index in [2.05, 4.69) is 0 Å². The fourth-order valence-electron chi connectivity index (χ4n) is 3.22. The first-order chi connectivity index (χ1) is 13.0. The zero-order chi connectivity index (χ0) is 19.3. The molecule has 0 radical (unpaired) electrons. The summed E-state index contributed by atoms with van der Waals surface area (Å²) in [6.07, 6.45) is 1.28. The number of nitrogens with zero attached hydrogens (tertiary/aromatic N) is 2. The molecule has 0 aliphatic carbocycles. The topological polar surface area (TPSA) is 85.4 Å². The number of benzene rings is 1. The van der Waals surface area contributed by atoms with Crippen molar-refractivity contribution in [1.82, 2.24) is 9.21 Å². The quantitative estimate of drug-likeness (QED) is 0.630. The molecular weight excluding hydrogens is 372 g/mol. The normalized spacial score (nSPS) is 21.4. The molecule has 2 heterocycles. The van der Waals surface area contributed by atoms with Gasteiger partial charge in [0.25, 0.3) is 5.91 Å². The van der Waals surface area contributed by atoms with Crippen molar-refractivity contribution < 1.29 is 27.4 Å². The molecule has 0 unspecified atom stereocenters. The lowest BCUT2D eigenvalue weighted by Gasteiger charge is -2.35. The highest BCUT2D eigenvalue weighted by atomic mass is 32.2. The van der Waals surface area contributed by atoms with Gasteiger partial charge in [-0.25, -0.2) is 8.42 Å². The van der Waals surface area contributed by atoms with E-state index in [1.54, 1.807) is 36.3 Å². The number of sulfonamides is 1. The zero-order valence-corrected chi connectivity index (χ0v) is 16.3. The SMILES string of the molecule is COCCOc1ccc(S(=O)(=O)N2CCN(C(=O)[C@H]3CCCO3)CC2)cc1. The second kappa shape index (κ2) is 9.01. The van der Waals surface area contributed by atoms with Crippen molar-refractivity contribution in [2.75, 3.05) is 53.1 Å². The van der Waals surface area contributed by atoms with Gasteiger partial charge in [-0.15, -0.1) is 0 Å². The summed E-state index contributed by atoms with van der Waals surface area (Å²) in [5.74, 6) is 0.570. The van der Waals surface area contributed by atoms with Crippen LogP contribution in [-0.2, 0) is 24.3 Å². The second-order valence-electron chi connectivity index (χ2n) is 6.54. The lowest BCUT2D eigenvalue weighted by atomic mass is 10.2. The van der Waals surface area contributed by atoms with E-state index in [4.69, 9.17) is 14.2 Å². The molecule has 2 aliphatic heterocycles. The standard InChI is InChI=1S/C18H26N2O6S/c1-24-13-14-25-15-4-6-16(7-5-15)27(22,23)20-10-8-19(9-11-20)18(21)17-3-2-12-26-17/h4-7,17H,2-3,8-14H2,1H3/t17-/m1/s1. The molecule has 27 heavy (non-hydrogen) atoms. The van der Waals surface area contributed by atoms with Crippen LogP contribution in [0.1, 0.15) is 12.8 Å². The van der Waals surface area contributed by atoms with Crippen molar-refractivity contribution >= 4 is 15.9 Å². The highest BCUT2D eigenvalue weighted by molar-refractivity contribution is 7.89. The number of ether oxygens (including phenoxy) is 3. The minimum Gasteiger partial charge on any atom is -0.491 e. The predicted molar refractivity (Wildman–Crippen MR) is 98.1 cm³/mol. The Hall–Kier alpha value is -1.68. The van der Waals surface area contributed by atoms with Crippen molar-refractivity contribution in [3.05, 3.63) is 24.3 Å². The van der Waals surface area contributed by atoms with Crippen LogP contribution in [0.3, 0.4) is 0 Å². The van der Waals surface area contributed by atoms with E-state index in [0.29, 0.717) is 38.7 Å². The lowest BCUT2D eigenvalue weighted by Crippen LogP contribution is -2.52. The minimum absolute atomic E-state index is 0.0258. The molecule has 2 saturated heterocycles. The van der Waals surface area contributed by atoms with Crippen LogP contribution in [0.15, 0.2) is 29.2 Å². The van der Waals surface area contributed by atoms with Crippen LogP contribution in [-0.4, -0.2) is 82.7 Å². The number of hydrogen-bond acceptors (Lipinski definition) is 6. The van der Waals surface area contributed by atoms with Gasteiger partial charge >= 0.3 is 0 Å². The predicted octanol–water partition coefficient (Wildman–Crippen LogP) is 0.724. The van der Waals surface area contributed by atoms with Crippen LogP contribution in [0.5, 0.6) is 5.75 Å². The summed E-state index contributed by atoms with van der Waals surface area (Å²) in [4.78, 5) is 14.3. The van der Waals surface area contributed by atoms with Crippen molar-refractivity contribution in [3.63, 3.8) is 0 Å². The molecule has 0 saturated carbocycles. The van der Waals surface area contributed by atoms with Crippen LogP contribution >= 0.6 is 0 Å². The van der Waals surface area contributed by atoms with Gasteiger partial charge in [0.2, 0.25) is 10.0 Å². The Balaban J connectivity index is 1.57. The molecular formula is C18H26N2O6S. The largest absolute Gasteiger partial charge is 0.491 e. The molecule has 0 bridgehead atoms. The number of piperazine rings is 1. The molecule has 3 rings (SSSR count). The molecule has 0 aromatic heterocycles. The van der Waals surface area contributed by atoms with Gasteiger partial charge in [0.15, 0.2) is 0 Å². The highest BCUT2D eigenvalue weighted by Crippen LogP contribution is 2.22. The van der Waals surface area contributed by atoms with Crippen molar-refractivity contribution in [3.8, 4) is 5.75 Å². The van der Waals surface area contributed by atoms with E-state index < -0.39 is 10.0 Å². The van der Waals surface area contributed by atoms with E-state index in [-0.39, 0.29) is 30.0 Å². The molecule has 0 spiro atoms. The van der Waals surface area contributed by atoms with Gasteiger partial charge in [0.1, 0.15) is 18.5 Å². The van der Waals surface area contributed by atoms with E-state index in [1.807, 2.05) is 0 Å². The van der Waals surface area contributed by atoms with Gasteiger partial charge in [-0.3, -0.25) is 4.79 Å². The number of carbonyl (C=O) groups is 1. The third-order valence-electron chi connectivity index (χ3n) is 4.77. The van der Waals surface area contributed by atoms with Gasteiger partial charge in [0.05, 0.1) is 11.5 Å². The van der Waals surface area contributed by atoms with Crippen LogP contribution in [0.2, 0.25) is 0 Å². The van der Waals surface area contributed by atoms with Crippen molar-refractivity contribution in [2.45, 2.75) is 23.8 Å². The van der Waals surface area contributed by atoms with E-state index in [0.717, 1.165) is 12.8 Å². The van der Waals surface area contributed by atoms with Crippen molar-refractivity contribution in [2.24, 2.45) is 0 Å². The van der Waals surface area contributed by atoms with Crippen LogP contribution < -0.4 is 4.74 Å². The Labute approximate surface area is 160 Å². The van der Waals surface area contributed by atoms with E-state index in [1.165, 1.54) is 4.31 Å². The molecule has 150 valence electrons. The molecule has 9 heteroatoms. The Morgan fingerprint density at radius 1 is 1.15 bits per heavy atom. The maximum absolute atomic E-state index is 12.8. The number of methoxy groups -OCH3 is 1. The first-order valence-corrected chi connectivity index (χ1v) is 10.6. The maximum Gasteiger partial charge on any atom is 0.251 e. The summed E-state index contributed by atoms with van der Waals surface area (Å²) in [5.41, 5.74) is 0. The van der Waals surface area contributed by atoms with Gasteiger partial charge in [-0.2, -0.15) is 4.31 Å². The molecule has 2 aliphatic rings. The fraction of sp³-hybridized carbons (Fsp3) is 0.611. The molecule has 2 fully saturated rings. The maximum atomic E-state index is 12.8. The highest BCUT2D eigenvalue weighted by Gasteiger charge is 2.33. The summed E-state index contributed by atoms with van der Waals surface area (Å²) in [7, 11) is -2.00. The second-order valence-corrected chi connectivity index (χ2v) is 8.48. The third-order valence-corrected chi connectivity index (χ3v) is 6.69. The Bertz CT molecular complexity index is 723.